The first-order valence-electron chi connectivity index (χ1n) is 2.80. The lowest BCUT2D eigenvalue weighted by Gasteiger charge is -1.90. The Kier molecular flexibility index (Phi) is 2.24. The second kappa shape index (κ2) is 3.19. The predicted octanol–water partition coefficient (Wildman–Crippen LogP) is 1.80. The minimum atomic E-state index is 0.344. The summed E-state index contributed by atoms with van der Waals surface area (Å²) in [5.74, 6) is 0. The lowest BCUT2D eigenvalue weighted by atomic mass is 10.3. The van der Waals surface area contributed by atoms with Crippen molar-refractivity contribution in [3.05, 3.63) is 29.0 Å². The Morgan fingerprint density at radius 2 is 2.40 bits per heavy atom. The fourth-order valence-corrected chi connectivity index (χ4v) is 0.704. The van der Waals surface area contributed by atoms with Crippen molar-refractivity contribution in [2.45, 2.75) is 6.42 Å². The van der Waals surface area contributed by atoms with Crippen LogP contribution in [0.15, 0.2) is 18.3 Å². The van der Waals surface area contributed by atoms with E-state index in [1.807, 2.05) is 6.07 Å². The van der Waals surface area contributed by atoms with Crippen molar-refractivity contribution in [2.24, 2.45) is 0 Å². The van der Waals surface area contributed by atoms with Crippen molar-refractivity contribution >= 4 is 11.6 Å². The quantitative estimate of drug-likeness (QED) is 0.615. The Labute approximate surface area is 64.1 Å². The van der Waals surface area contributed by atoms with Gasteiger partial charge in [0.05, 0.1) is 23.2 Å². The first-order chi connectivity index (χ1) is 4.83. The molecule has 1 rings (SSSR count). The third-order valence-corrected chi connectivity index (χ3v) is 1.27. The highest BCUT2D eigenvalue weighted by Gasteiger charge is 1.90. The molecule has 0 fully saturated rings. The molecule has 0 N–H and O–H groups in total. The van der Waals surface area contributed by atoms with Gasteiger partial charge in [-0.05, 0) is 12.1 Å². The van der Waals surface area contributed by atoms with Crippen LogP contribution in [0, 0.1) is 11.3 Å². The standard InChI is InChI=1S/C7H5ClN2/c8-6-1-2-7(3-4-9)10-5-6/h1-2,5H,3H2. The molecule has 1 heterocycles. The van der Waals surface area contributed by atoms with Crippen LogP contribution >= 0.6 is 11.6 Å². The van der Waals surface area contributed by atoms with Gasteiger partial charge in [0.2, 0.25) is 0 Å². The minimum Gasteiger partial charge on any atom is -0.259 e. The summed E-state index contributed by atoms with van der Waals surface area (Å²) in [5, 5.41) is 8.86. The highest BCUT2D eigenvalue weighted by atomic mass is 35.5. The monoisotopic (exact) mass is 152 g/mol. The molecule has 0 aliphatic rings. The zero-order valence-corrected chi connectivity index (χ0v) is 5.97. The van der Waals surface area contributed by atoms with Gasteiger partial charge in [0.15, 0.2) is 0 Å². The summed E-state index contributed by atoms with van der Waals surface area (Å²) in [5.41, 5.74) is 0.756. The molecule has 0 atom stereocenters. The number of pyridine rings is 1. The van der Waals surface area contributed by atoms with Gasteiger partial charge in [0.25, 0.3) is 0 Å². The van der Waals surface area contributed by atoms with Crippen molar-refractivity contribution in [2.75, 3.05) is 0 Å². The number of aromatic nitrogens is 1. The fraction of sp³-hybridized carbons (Fsp3) is 0.143. The topological polar surface area (TPSA) is 36.7 Å². The first-order valence-corrected chi connectivity index (χ1v) is 3.18. The van der Waals surface area contributed by atoms with Crippen LogP contribution in [0.25, 0.3) is 0 Å². The van der Waals surface area contributed by atoms with E-state index in [2.05, 4.69) is 4.98 Å². The van der Waals surface area contributed by atoms with Crippen LogP contribution in [0.3, 0.4) is 0 Å². The largest absolute Gasteiger partial charge is 0.259 e. The van der Waals surface area contributed by atoms with Crippen LogP contribution in [0.2, 0.25) is 5.02 Å². The van der Waals surface area contributed by atoms with Gasteiger partial charge in [0, 0.05) is 6.20 Å². The third kappa shape index (κ3) is 1.71. The Balaban J connectivity index is 2.81. The zero-order chi connectivity index (χ0) is 7.40. The van der Waals surface area contributed by atoms with Gasteiger partial charge in [-0.3, -0.25) is 4.98 Å². The molecular weight excluding hydrogens is 148 g/mol. The van der Waals surface area contributed by atoms with Gasteiger partial charge in [-0.15, -0.1) is 0 Å². The van der Waals surface area contributed by atoms with Gasteiger partial charge in [0.1, 0.15) is 0 Å². The van der Waals surface area contributed by atoms with Gasteiger partial charge in [-0.25, -0.2) is 0 Å². The average molecular weight is 153 g/mol. The SMILES string of the molecule is N#CCc1ccc(Cl)cn1. The fourth-order valence-electron chi connectivity index (χ4n) is 0.592. The summed E-state index contributed by atoms with van der Waals surface area (Å²) in [6.45, 7) is 0. The number of nitrogens with zero attached hydrogens (tertiary/aromatic N) is 2. The molecule has 0 amide bonds. The van der Waals surface area contributed by atoms with E-state index in [-0.39, 0.29) is 0 Å². The highest BCUT2D eigenvalue weighted by molar-refractivity contribution is 6.30. The smallest absolute Gasteiger partial charge is 0.0774 e. The van der Waals surface area contributed by atoms with Crippen LogP contribution < -0.4 is 0 Å². The molecule has 0 saturated heterocycles. The molecule has 0 bridgehead atoms. The van der Waals surface area contributed by atoms with Crippen LogP contribution in [-0.2, 0) is 6.42 Å². The van der Waals surface area contributed by atoms with E-state index in [0.29, 0.717) is 11.4 Å². The van der Waals surface area contributed by atoms with Crippen molar-refractivity contribution in [3.8, 4) is 6.07 Å². The Morgan fingerprint density at radius 1 is 1.60 bits per heavy atom. The van der Waals surface area contributed by atoms with E-state index >= 15 is 0 Å². The Hall–Kier alpha value is -1.07. The molecule has 3 heteroatoms. The molecule has 50 valence electrons. The maximum Gasteiger partial charge on any atom is 0.0774 e. The molecule has 0 saturated carbocycles. The number of halogens is 1. The molecule has 0 radical (unpaired) electrons. The normalized spacial score (nSPS) is 8.80. The molecule has 0 aromatic carbocycles. The van der Waals surface area contributed by atoms with Gasteiger partial charge in [-0.2, -0.15) is 5.26 Å². The maximum atomic E-state index is 8.27. The zero-order valence-electron chi connectivity index (χ0n) is 5.21. The average Bonchev–Trinajstić information content (AvgIpc) is 1.95. The van der Waals surface area contributed by atoms with Crippen LogP contribution in [0.4, 0.5) is 0 Å². The molecule has 2 nitrogen and oxygen atoms in total. The molecule has 0 aliphatic carbocycles. The van der Waals surface area contributed by atoms with Crippen molar-refractivity contribution in [3.63, 3.8) is 0 Å². The maximum absolute atomic E-state index is 8.27. The second-order valence-corrected chi connectivity index (χ2v) is 2.24. The number of hydrogen-bond donors (Lipinski definition) is 0. The summed E-state index contributed by atoms with van der Waals surface area (Å²) in [6.07, 6.45) is 1.88. The van der Waals surface area contributed by atoms with Gasteiger partial charge < -0.3 is 0 Å². The lowest BCUT2D eigenvalue weighted by Crippen LogP contribution is -1.84. The van der Waals surface area contributed by atoms with Crippen molar-refractivity contribution in [1.82, 2.24) is 4.98 Å². The van der Waals surface area contributed by atoms with E-state index in [0.717, 1.165) is 5.69 Å². The molecule has 0 unspecified atom stereocenters. The molecule has 1 aromatic rings. The lowest BCUT2D eigenvalue weighted by molar-refractivity contribution is 1.12. The first kappa shape index (κ1) is 7.04. The number of nitriles is 1. The van der Waals surface area contributed by atoms with E-state index < -0.39 is 0 Å². The predicted molar refractivity (Wildman–Crippen MR) is 38.6 cm³/mol. The second-order valence-electron chi connectivity index (χ2n) is 1.80. The summed E-state index contributed by atoms with van der Waals surface area (Å²) in [4.78, 5) is 3.91. The van der Waals surface area contributed by atoms with Crippen molar-refractivity contribution < 1.29 is 0 Å². The number of hydrogen-bond acceptors (Lipinski definition) is 2. The summed E-state index contributed by atoms with van der Waals surface area (Å²) < 4.78 is 0. The van der Waals surface area contributed by atoms with E-state index in [1.165, 1.54) is 6.20 Å². The molecule has 10 heavy (non-hydrogen) atoms. The number of rotatable bonds is 1. The Bertz CT molecular complexity index is 247. The summed E-state index contributed by atoms with van der Waals surface area (Å²) >= 11 is 5.57. The third-order valence-electron chi connectivity index (χ3n) is 1.05. The van der Waals surface area contributed by atoms with Gasteiger partial charge >= 0.3 is 0 Å². The summed E-state index contributed by atoms with van der Waals surface area (Å²) in [6, 6.07) is 5.46. The molecule has 1 aromatic heterocycles. The van der Waals surface area contributed by atoms with Crippen LogP contribution in [0.1, 0.15) is 5.69 Å². The van der Waals surface area contributed by atoms with Crippen LogP contribution in [-0.4, -0.2) is 4.98 Å². The minimum absolute atomic E-state index is 0.344. The van der Waals surface area contributed by atoms with Crippen molar-refractivity contribution in [1.29, 1.82) is 5.26 Å². The van der Waals surface area contributed by atoms with Crippen LogP contribution in [0.5, 0.6) is 0 Å². The van der Waals surface area contributed by atoms with E-state index in [9.17, 15) is 0 Å². The highest BCUT2D eigenvalue weighted by Crippen LogP contribution is 2.05. The summed E-state index contributed by atoms with van der Waals surface area (Å²) in [7, 11) is 0. The molecule has 0 spiro atoms. The molecule has 0 aliphatic heterocycles. The van der Waals surface area contributed by atoms with E-state index in [4.69, 9.17) is 16.9 Å². The van der Waals surface area contributed by atoms with E-state index in [1.54, 1.807) is 12.1 Å². The molecular formula is C7H5ClN2. The van der Waals surface area contributed by atoms with Gasteiger partial charge in [-0.1, -0.05) is 11.6 Å². The Morgan fingerprint density at radius 3 is 2.90 bits per heavy atom.